The van der Waals surface area contributed by atoms with E-state index in [0.29, 0.717) is 12.2 Å². The number of hydrogen-bond donors (Lipinski definition) is 2. The molecule has 2 aromatic heterocycles. The molecule has 1 amide bonds. The number of amides is 1. The van der Waals surface area contributed by atoms with Gasteiger partial charge in [-0.15, -0.1) is 10.2 Å². The summed E-state index contributed by atoms with van der Waals surface area (Å²) in [4.78, 5) is 12.0. The normalized spacial score (nSPS) is 14.2. The summed E-state index contributed by atoms with van der Waals surface area (Å²) in [6.45, 7) is 1.88. The van der Waals surface area contributed by atoms with Crippen molar-refractivity contribution in [2.24, 2.45) is 5.73 Å². The standard InChI is InChI=1S/C13H19N5OS/c1-9(15-13(19)10(14)6-8-20-2)12-17-16-11-5-3-4-7-18(11)12/h3-5,7,9-10H,6,8,14H2,1-2H3,(H,15,19)/t9?,10-/m0/s1. The van der Waals surface area contributed by atoms with Crippen LogP contribution in [0.4, 0.5) is 0 Å². The van der Waals surface area contributed by atoms with Gasteiger partial charge < -0.3 is 11.1 Å². The molecule has 0 saturated carbocycles. The van der Waals surface area contributed by atoms with Gasteiger partial charge >= 0.3 is 0 Å². The quantitative estimate of drug-likeness (QED) is 0.829. The summed E-state index contributed by atoms with van der Waals surface area (Å²) in [6.07, 6.45) is 4.54. The molecule has 2 aromatic rings. The first-order valence-electron chi connectivity index (χ1n) is 6.48. The zero-order chi connectivity index (χ0) is 14.5. The number of rotatable bonds is 6. The lowest BCUT2D eigenvalue weighted by Crippen LogP contribution is -2.42. The molecule has 0 fully saturated rings. The van der Waals surface area contributed by atoms with Crippen LogP contribution < -0.4 is 11.1 Å². The highest BCUT2D eigenvalue weighted by molar-refractivity contribution is 7.98. The average molecular weight is 293 g/mol. The van der Waals surface area contributed by atoms with Crippen LogP contribution >= 0.6 is 11.8 Å². The third-order valence-electron chi connectivity index (χ3n) is 3.06. The molecule has 0 aliphatic carbocycles. The summed E-state index contributed by atoms with van der Waals surface area (Å²) in [5, 5.41) is 11.1. The van der Waals surface area contributed by atoms with Gasteiger partial charge in [0.2, 0.25) is 5.91 Å². The zero-order valence-corrected chi connectivity index (χ0v) is 12.4. The lowest BCUT2D eigenvalue weighted by molar-refractivity contribution is -0.123. The molecule has 0 aromatic carbocycles. The molecule has 0 saturated heterocycles. The van der Waals surface area contributed by atoms with E-state index >= 15 is 0 Å². The maximum Gasteiger partial charge on any atom is 0.237 e. The van der Waals surface area contributed by atoms with E-state index in [-0.39, 0.29) is 11.9 Å². The molecule has 7 heteroatoms. The fourth-order valence-corrected chi connectivity index (χ4v) is 2.41. The third kappa shape index (κ3) is 3.29. The van der Waals surface area contributed by atoms with Crippen molar-refractivity contribution < 1.29 is 4.79 Å². The van der Waals surface area contributed by atoms with Crippen LogP contribution in [0.5, 0.6) is 0 Å². The largest absolute Gasteiger partial charge is 0.345 e. The maximum absolute atomic E-state index is 12.0. The SMILES string of the molecule is CSCC[C@H](N)C(=O)NC(C)c1nnc2ccccn12. The molecule has 20 heavy (non-hydrogen) atoms. The zero-order valence-electron chi connectivity index (χ0n) is 11.6. The van der Waals surface area contributed by atoms with Crippen molar-refractivity contribution in [3.8, 4) is 0 Å². The average Bonchev–Trinajstić information content (AvgIpc) is 2.88. The summed E-state index contributed by atoms with van der Waals surface area (Å²) in [5.41, 5.74) is 6.61. The van der Waals surface area contributed by atoms with Crippen LogP contribution in [-0.2, 0) is 4.79 Å². The second kappa shape index (κ2) is 6.71. The van der Waals surface area contributed by atoms with E-state index in [1.54, 1.807) is 11.8 Å². The van der Waals surface area contributed by atoms with Gasteiger partial charge in [0.1, 0.15) is 0 Å². The van der Waals surface area contributed by atoms with Gasteiger partial charge in [0.05, 0.1) is 12.1 Å². The Labute approximate surface area is 122 Å². The van der Waals surface area contributed by atoms with E-state index in [1.165, 1.54) is 0 Å². The van der Waals surface area contributed by atoms with E-state index < -0.39 is 6.04 Å². The van der Waals surface area contributed by atoms with Crippen molar-refractivity contribution in [1.29, 1.82) is 0 Å². The Morgan fingerprint density at radius 3 is 3.05 bits per heavy atom. The van der Waals surface area contributed by atoms with Crippen molar-refractivity contribution in [1.82, 2.24) is 19.9 Å². The third-order valence-corrected chi connectivity index (χ3v) is 3.70. The Morgan fingerprint density at radius 2 is 2.30 bits per heavy atom. The van der Waals surface area contributed by atoms with Crippen molar-refractivity contribution in [2.45, 2.75) is 25.4 Å². The number of hydrogen-bond acceptors (Lipinski definition) is 5. The fraction of sp³-hybridized carbons (Fsp3) is 0.462. The lowest BCUT2D eigenvalue weighted by atomic mass is 10.2. The number of nitrogens with one attached hydrogen (secondary N) is 1. The van der Waals surface area contributed by atoms with Gasteiger partial charge in [0, 0.05) is 6.20 Å². The van der Waals surface area contributed by atoms with Gasteiger partial charge in [-0.2, -0.15) is 11.8 Å². The maximum atomic E-state index is 12.0. The van der Waals surface area contributed by atoms with Crippen LogP contribution in [0, 0.1) is 0 Å². The van der Waals surface area contributed by atoms with Gasteiger partial charge in [-0.1, -0.05) is 6.07 Å². The van der Waals surface area contributed by atoms with Crippen molar-refractivity contribution in [3.63, 3.8) is 0 Å². The molecule has 0 bridgehead atoms. The van der Waals surface area contributed by atoms with Crippen LogP contribution in [0.2, 0.25) is 0 Å². The molecule has 3 N–H and O–H groups in total. The Hall–Kier alpha value is -1.60. The van der Waals surface area contributed by atoms with Gasteiger partial charge in [-0.3, -0.25) is 9.20 Å². The Bertz CT molecular complexity index is 585. The van der Waals surface area contributed by atoms with Crippen molar-refractivity contribution in [3.05, 3.63) is 30.2 Å². The summed E-state index contributed by atoms with van der Waals surface area (Å²) < 4.78 is 1.86. The monoisotopic (exact) mass is 293 g/mol. The highest BCUT2D eigenvalue weighted by Crippen LogP contribution is 2.12. The second-order valence-electron chi connectivity index (χ2n) is 4.61. The van der Waals surface area contributed by atoms with Crippen LogP contribution in [0.25, 0.3) is 5.65 Å². The highest BCUT2D eigenvalue weighted by Gasteiger charge is 2.19. The molecular weight excluding hydrogens is 274 g/mol. The van der Waals surface area contributed by atoms with Gasteiger partial charge in [0.15, 0.2) is 11.5 Å². The summed E-state index contributed by atoms with van der Waals surface area (Å²) >= 11 is 1.68. The van der Waals surface area contributed by atoms with Crippen LogP contribution in [-0.4, -0.2) is 38.6 Å². The number of carbonyl (C=O) groups is 1. The van der Waals surface area contributed by atoms with Crippen LogP contribution in [0.15, 0.2) is 24.4 Å². The van der Waals surface area contributed by atoms with E-state index in [9.17, 15) is 4.79 Å². The fourth-order valence-electron chi connectivity index (χ4n) is 1.92. The van der Waals surface area contributed by atoms with Crippen LogP contribution in [0.3, 0.4) is 0 Å². The predicted molar refractivity (Wildman–Crippen MR) is 80.5 cm³/mol. The van der Waals surface area contributed by atoms with Crippen LogP contribution in [0.1, 0.15) is 25.2 Å². The molecule has 0 radical (unpaired) electrons. The van der Waals surface area contributed by atoms with Crippen molar-refractivity contribution in [2.75, 3.05) is 12.0 Å². The highest BCUT2D eigenvalue weighted by atomic mass is 32.2. The minimum Gasteiger partial charge on any atom is -0.345 e. The molecule has 108 valence electrons. The van der Waals surface area contributed by atoms with Gasteiger partial charge in [-0.05, 0) is 37.5 Å². The number of aromatic nitrogens is 3. The van der Waals surface area contributed by atoms with Gasteiger partial charge in [-0.25, -0.2) is 0 Å². The molecule has 2 rings (SSSR count). The molecule has 0 aliphatic heterocycles. The molecular formula is C13H19N5OS. The smallest absolute Gasteiger partial charge is 0.237 e. The molecule has 0 aliphatic rings. The number of nitrogens with two attached hydrogens (primary N) is 1. The lowest BCUT2D eigenvalue weighted by Gasteiger charge is -2.16. The number of thioether (sulfide) groups is 1. The second-order valence-corrected chi connectivity index (χ2v) is 5.59. The van der Waals surface area contributed by atoms with E-state index in [2.05, 4.69) is 15.5 Å². The number of carbonyl (C=O) groups excluding carboxylic acids is 1. The summed E-state index contributed by atoms with van der Waals surface area (Å²) in [7, 11) is 0. The molecule has 0 spiro atoms. The minimum absolute atomic E-state index is 0.153. The predicted octanol–water partition coefficient (Wildman–Crippen LogP) is 0.987. The van der Waals surface area contributed by atoms with Gasteiger partial charge in [0.25, 0.3) is 0 Å². The molecule has 1 unspecified atom stereocenters. The first-order valence-corrected chi connectivity index (χ1v) is 7.87. The van der Waals surface area contributed by atoms with E-state index in [1.807, 2.05) is 42.0 Å². The Kier molecular flexibility index (Phi) is 4.97. The van der Waals surface area contributed by atoms with E-state index in [4.69, 9.17) is 5.73 Å². The number of fused-ring (bicyclic) bond motifs is 1. The summed E-state index contributed by atoms with van der Waals surface area (Å²) in [5.74, 6) is 1.42. The molecule has 6 nitrogen and oxygen atoms in total. The minimum atomic E-state index is -0.482. The van der Waals surface area contributed by atoms with E-state index in [0.717, 1.165) is 11.4 Å². The number of nitrogens with zero attached hydrogens (tertiary/aromatic N) is 3. The first-order chi connectivity index (χ1) is 9.63. The first kappa shape index (κ1) is 14.8. The molecule has 2 heterocycles. The van der Waals surface area contributed by atoms with Crippen molar-refractivity contribution >= 4 is 23.3 Å². The number of pyridine rings is 1. The Morgan fingerprint density at radius 1 is 1.50 bits per heavy atom. The summed E-state index contributed by atoms with van der Waals surface area (Å²) in [6, 6.07) is 4.95. The topological polar surface area (TPSA) is 85.3 Å². The Balaban J connectivity index is 2.04. The molecule has 2 atom stereocenters.